The van der Waals surface area contributed by atoms with E-state index in [1.165, 1.54) is 6.92 Å². The fraction of sp³-hybridized carbons (Fsp3) is 0.125. The van der Waals surface area contributed by atoms with Crippen molar-refractivity contribution in [1.29, 1.82) is 0 Å². The number of halogens is 4. The Kier molecular flexibility index (Phi) is 3.18. The SMILES string of the molecule is CC(=O)c1c(Br)c(F)cc(F)c1Br. The molecule has 0 aliphatic rings. The molecule has 1 rings (SSSR count). The standard InChI is InChI=1S/C8H4Br2F2O/c1-3(13)6-7(9)4(11)2-5(12)8(6)10/h2H,1H3. The van der Waals surface area contributed by atoms with Gasteiger partial charge in [0.15, 0.2) is 5.78 Å². The van der Waals surface area contributed by atoms with Gasteiger partial charge in [0, 0.05) is 6.07 Å². The molecule has 0 aromatic heterocycles. The second-order valence-electron chi connectivity index (χ2n) is 2.40. The molecule has 0 aliphatic heterocycles. The lowest BCUT2D eigenvalue weighted by molar-refractivity contribution is 0.101. The maximum Gasteiger partial charge on any atom is 0.162 e. The molecule has 13 heavy (non-hydrogen) atoms. The Morgan fingerprint density at radius 1 is 1.23 bits per heavy atom. The molecule has 0 bridgehead atoms. The molecule has 1 aromatic rings. The molecule has 5 heteroatoms. The van der Waals surface area contributed by atoms with Crippen molar-refractivity contribution < 1.29 is 13.6 Å². The third-order valence-electron chi connectivity index (χ3n) is 1.46. The van der Waals surface area contributed by atoms with E-state index in [1.807, 2.05) is 0 Å². The molecule has 70 valence electrons. The lowest BCUT2D eigenvalue weighted by Crippen LogP contribution is -2.00. The van der Waals surface area contributed by atoms with Crippen LogP contribution in [0.5, 0.6) is 0 Å². The molecule has 0 saturated carbocycles. The summed E-state index contributed by atoms with van der Waals surface area (Å²) in [7, 11) is 0. The monoisotopic (exact) mass is 312 g/mol. The maximum absolute atomic E-state index is 12.9. The van der Waals surface area contributed by atoms with Crippen LogP contribution in [0.1, 0.15) is 17.3 Å². The van der Waals surface area contributed by atoms with Gasteiger partial charge in [-0.2, -0.15) is 0 Å². The van der Waals surface area contributed by atoms with Crippen LogP contribution in [0, 0.1) is 11.6 Å². The Morgan fingerprint density at radius 3 is 1.92 bits per heavy atom. The lowest BCUT2D eigenvalue weighted by Gasteiger charge is -2.05. The highest BCUT2D eigenvalue weighted by molar-refractivity contribution is 9.11. The first kappa shape index (κ1) is 10.8. The summed E-state index contributed by atoms with van der Waals surface area (Å²) in [6.07, 6.45) is 0. The summed E-state index contributed by atoms with van der Waals surface area (Å²) in [5.41, 5.74) is -0.0162. The number of Topliss-reactive ketones (excluding diaryl/α,β-unsaturated/α-hetero) is 1. The van der Waals surface area contributed by atoms with Crippen LogP contribution in [-0.4, -0.2) is 5.78 Å². The van der Waals surface area contributed by atoms with Gasteiger partial charge in [-0.3, -0.25) is 4.79 Å². The van der Waals surface area contributed by atoms with Crippen molar-refractivity contribution in [2.45, 2.75) is 6.92 Å². The molecule has 0 spiro atoms. The van der Waals surface area contributed by atoms with Gasteiger partial charge in [0.1, 0.15) is 11.6 Å². The average molecular weight is 314 g/mol. The van der Waals surface area contributed by atoms with Crippen molar-refractivity contribution >= 4 is 37.6 Å². The summed E-state index contributed by atoms with van der Waals surface area (Å²) < 4.78 is 25.8. The van der Waals surface area contributed by atoms with Crippen molar-refractivity contribution in [2.75, 3.05) is 0 Å². The van der Waals surface area contributed by atoms with Crippen LogP contribution >= 0.6 is 31.9 Å². The highest BCUT2D eigenvalue weighted by atomic mass is 79.9. The largest absolute Gasteiger partial charge is 0.294 e. The van der Waals surface area contributed by atoms with E-state index in [9.17, 15) is 13.6 Å². The number of carbonyl (C=O) groups excluding carboxylic acids is 1. The minimum absolute atomic E-state index is 0.0162. The van der Waals surface area contributed by atoms with Gasteiger partial charge in [-0.25, -0.2) is 8.78 Å². The van der Waals surface area contributed by atoms with Gasteiger partial charge in [-0.1, -0.05) is 0 Å². The predicted octanol–water partition coefficient (Wildman–Crippen LogP) is 3.69. The average Bonchev–Trinajstić information content (AvgIpc) is 2.01. The van der Waals surface area contributed by atoms with Crippen LogP contribution < -0.4 is 0 Å². The van der Waals surface area contributed by atoms with Crippen LogP contribution in [0.15, 0.2) is 15.0 Å². The zero-order valence-electron chi connectivity index (χ0n) is 6.50. The lowest BCUT2D eigenvalue weighted by atomic mass is 10.1. The Hall–Kier alpha value is -0.290. The third kappa shape index (κ3) is 1.96. The summed E-state index contributed by atoms with van der Waals surface area (Å²) >= 11 is 5.75. The quantitative estimate of drug-likeness (QED) is 0.571. The summed E-state index contributed by atoms with van der Waals surface area (Å²) in [6.45, 7) is 1.24. The molecule has 0 unspecified atom stereocenters. The highest BCUT2D eigenvalue weighted by Crippen LogP contribution is 2.30. The zero-order valence-corrected chi connectivity index (χ0v) is 9.67. The van der Waals surface area contributed by atoms with Crippen molar-refractivity contribution in [3.05, 3.63) is 32.2 Å². The van der Waals surface area contributed by atoms with Crippen molar-refractivity contribution in [3.63, 3.8) is 0 Å². The van der Waals surface area contributed by atoms with E-state index in [4.69, 9.17) is 0 Å². The minimum atomic E-state index is -0.786. The predicted molar refractivity (Wildman–Crippen MR) is 51.8 cm³/mol. The Balaban J connectivity index is 3.56. The number of benzene rings is 1. The minimum Gasteiger partial charge on any atom is -0.294 e. The zero-order chi connectivity index (χ0) is 10.2. The first-order valence-electron chi connectivity index (χ1n) is 3.29. The van der Waals surface area contributed by atoms with E-state index in [0.29, 0.717) is 6.07 Å². The summed E-state index contributed by atoms with van der Waals surface area (Å²) in [5, 5.41) is 0. The van der Waals surface area contributed by atoms with E-state index < -0.39 is 17.4 Å². The Bertz CT molecular complexity index is 351. The van der Waals surface area contributed by atoms with Crippen LogP contribution in [0.2, 0.25) is 0 Å². The van der Waals surface area contributed by atoms with E-state index in [2.05, 4.69) is 31.9 Å². The van der Waals surface area contributed by atoms with Crippen LogP contribution in [-0.2, 0) is 0 Å². The van der Waals surface area contributed by atoms with E-state index in [1.54, 1.807) is 0 Å². The van der Waals surface area contributed by atoms with Crippen molar-refractivity contribution in [1.82, 2.24) is 0 Å². The molecule has 0 N–H and O–H groups in total. The molecule has 0 radical (unpaired) electrons. The summed E-state index contributed by atoms with van der Waals surface area (Å²) in [6, 6.07) is 0.709. The fourth-order valence-electron chi connectivity index (χ4n) is 0.882. The van der Waals surface area contributed by atoms with Gasteiger partial charge in [-0.05, 0) is 38.8 Å². The van der Waals surface area contributed by atoms with Crippen LogP contribution in [0.4, 0.5) is 8.78 Å². The number of hydrogen-bond acceptors (Lipinski definition) is 1. The van der Waals surface area contributed by atoms with Crippen molar-refractivity contribution in [2.24, 2.45) is 0 Å². The van der Waals surface area contributed by atoms with Crippen molar-refractivity contribution in [3.8, 4) is 0 Å². The second kappa shape index (κ2) is 3.84. The molecular weight excluding hydrogens is 310 g/mol. The van der Waals surface area contributed by atoms with E-state index >= 15 is 0 Å². The number of carbonyl (C=O) groups is 1. The van der Waals surface area contributed by atoms with E-state index in [-0.39, 0.29) is 14.5 Å². The molecule has 0 aliphatic carbocycles. The topological polar surface area (TPSA) is 17.1 Å². The Labute approximate surface area is 90.4 Å². The molecule has 1 aromatic carbocycles. The molecule has 0 fully saturated rings. The first-order chi connectivity index (χ1) is 5.95. The van der Waals surface area contributed by atoms with Crippen LogP contribution in [0.3, 0.4) is 0 Å². The molecular formula is C8H4Br2F2O. The van der Waals surface area contributed by atoms with Crippen LogP contribution in [0.25, 0.3) is 0 Å². The first-order valence-corrected chi connectivity index (χ1v) is 4.87. The maximum atomic E-state index is 12.9. The summed E-state index contributed by atoms with van der Waals surface area (Å²) in [5.74, 6) is -1.98. The molecule has 0 amide bonds. The van der Waals surface area contributed by atoms with E-state index in [0.717, 1.165) is 0 Å². The fourth-order valence-corrected chi connectivity index (χ4v) is 2.33. The third-order valence-corrected chi connectivity index (χ3v) is 3.01. The molecule has 1 nitrogen and oxygen atoms in total. The molecule has 0 saturated heterocycles. The second-order valence-corrected chi connectivity index (χ2v) is 3.99. The molecule has 0 atom stereocenters. The van der Waals surface area contributed by atoms with Gasteiger partial charge in [0.2, 0.25) is 0 Å². The van der Waals surface area contributed by atoms with Gasteiger partial charge in [-0.15, -0.1) is 0 Å². The number of hydrogen-bond donors (Lipinski definition) is 0. The molecule has 0 heterocycles. The highest BCUT2D eigenvalue weighted by Gasteiger charge is 2.17. The van der Waals surface area contributed by atoms with Gasteiger partial charge in [0.05, 0.1) is 14.5 Å². The van der Waals surface area contributed by atoms with Gasteiger partial charge >= 0.3 is 0 Å². The van der Waals surface area contributed by atoms with Gasteiger partial charge in [0.25, 0.3) is 0 Å². The smallest absolute Gasteiger partial charge is 0.162 e. The number of rotatable bonds is 1. The van der Waals surface area contributed by atoms with Gasteiger partial charge < -0.3 is 0 Å². The summed E-state index contributed by atoms with van der Waals surface area (Å²) in [4.78, 5) is 11.0. The normalized spacial score (nSPS) is 10.2. The number of ketones is 1. The Morgan fingerprint density at radius 2 is 1.62 bits per heavy atom.